The lowest BCUT2D eigenvalue weighted by Crippen LogP contribution is -2.45. The quantitative estimate of drug-likeness (QED) is 0.214. The van der Waals surface area contributed by atoms with E-state index in [0.29, 0.717) is 16.2 Å². The number of nitrogens with two attached hydrogens (primary N) is 1. The monoisotopic (exact) mass is 699 g/mol. The molecule has 0 spiro atoms. The number of anilines is 2. The highest BCUT2D eigenvalue weighted by molar-refractivity contribution is 5.99. The van der Waals surface area contributed by atoms with E-state index in [1.165, 1.54) is 12.1 Å². The minimum absolute atomic E-state index is 0.00802. The van der Waals surface area contributed by atoms with E-state index < -0.39 is 53.3 Å². The van der Waals surface area contributed by atoms with E-state index in [1.807, 2.05) is 20.8 Å². The SMILES string of the molecule is CC(C)(C)O[14C](=O)[14C@H]([14CH2][14c]1[14cH]c[14c](OC(C)(C)C)[14cH][14cH]1)NC(=O)c1ccc(N(Cc2cnc3nc(N)[nH]c(=O)c3n2)C(=O)C(F)(F)F)cc1. The summed E-state index contributed by atoms with van der Waals surface area (Å²) in [5.41, 5.74) is 3.35. The molecule has 260 valence electrons. The van der Waals surface area contributed by atoms with Gasteiger partial charge in [0.2, 0.25) is 5.95 Å². The molecule has 0 fully saturated rings. The zero-order valence-electron chi connectivity index (χ0n) is 27.6. The van der Waals surface area contributed by atoms with Crippen molar-refractivity contribution in [3.05, 3.63) is 81.9 Å². The Labute approximate surface area is 279 Å². The maximum absolute atomic E-state index is 13.6. The second-order valence-electron chi connectivity index (χ2n) is 13.0. The largest absolute Gasteiger partial charge is 0.488 e. The summed E-state index contributed by atoms with van der Waals surface area (Å²) >= 11 is 0. The molecule has 2 aromatic carbocycles. The Kier molecular flexibility index (Phi) is 10.3. The van der Waals surface area contributed by atoms with Gasteiger partial charge in [-0.1, -0.05) is 12.1 Å². The molecule has 0 saturated carbocycles. The fourth-order valence-corrected chi connectivity index (χ4v) is 4.53. The van der Waals surface area contributed by atoms with Crippen LogP contribution in [0, 0.1) is 0 Å². The number of H-pyrrole nitrogens is 1. The lowest BCUT2D eigenvalue weighted by molar-refractivity contribution is -0.170. The number of nitrogens with zero attached hydrogens (tertiary/aromatic N) is 4. The highest BCUT2D eigenvalue weighted by atomic mass is 19.4. The smallest absolute Gasteiger partial charge is 0.471 e. The van der Waals surface area contributed by atoms with Gasteiger partial charge in [0, 0.05) is 17.7 Å². The van der Waals surface area contributed by atoms with Crippen LogP contribution in [-0.4, -0.2) is 61.1 Å². The number of nitrogens with one attached hydrogen (secondary N) is 2. The number of nitrogen functional groups attached to an aromatic ring is 1. The van der Waals surface area contributed by atoms with Gasteiger partial charge in [0.15, 0.2) is 11.2 Å². The van der Waals surface area contributed by atoms with Crippen LogP contribution in [0.25, 0.3) is 11.2 Å². The van der Waals surface area contributed by atoms with Crippen LogP contribution in [-0.2, 0) is 27.3 Å². The first kappa shape index (κ1) is 36.3. The van der Waals surface area contributed by atoms with Crippen LogP contribution in [0.1, 0.15) is 63.2 Å². The van der Waals surface area contributed by atoms with Crippen molar-refractivity contribution < 1.29 is 37.0 Å². The van der Waals surface area contributed by atoms with Crippen molar-refractivity contribution in [1.29, 1.82) is 0 Å². The number of hydrogen-bond acceptors (Lipinski definition) is 10. The Morgan fingerprint density at radius 3 is 2.35 bits per heavy atom. The van der Waals surface area contributed by atoms with E-state index in [0.717, 1.165) is 18.3 Å². The third kappa shape index (κ3) is 9.98. The summed E-state index contributed by atoms with van der Waals surface area (Å²) in [5, 5.41) is 2.65. The molecule has 0 radical (unpaired) electrons. The molecule has 0 aliphatic rings. The van der Waals surface area contributed by atoms with Gasteiger partial charge in [-0.15, -0.1) is 0 Å². The van der Waals surface area contributed by atoms with E-state index in [1.54, 1.807) is 45.0 Å². The van der Waals surface area contributed by atoms with Crippen molar-refractivity contribution in [2.75, 3.05) is 10.6 Å². The van der Waals surface area contributed by atoms with Crippen molar-refractivity contribution in [3.8, 4) is 5.75 Å². The van der Waals surface area contributed by atoms with Crippen molar-refractivity contribution >= 4 is 40.6 Å². The summed E-state index contributed by atoms with van der Waals surface area (Å²) in [6.45, 7) is 10.1. The molecule has 16 heteroatoms. The Hall–Kier alpha value is -5.54. The van der Waals surface area contributed by atoms with E-state index >= 15 is 0 Å². The summed E-state index contributed by atoms with van der Waals surface area (Å²) in [4.78, 5) is 65.5. The van der Waals surface area contributed by atoms with Gasteiger partial charge in [-0.05, 0) is 83.5 Å². The molecular formula is C33H36F3N7O6. The van der Waals surface area contributed by atoms with Crippen LogP contribution >= 0.6 is 0 Å². The number of ether oxygens (including phenoxy) is 2. The topological polar surface area (TPSA) is 182 Å². The van der Waals surface area contributed by atoms with Gasteiger partial charge in [0.05, 0.1) is 18.4 Å². The number of carbonyl (C=O) groups excluding carboxylic acids is 3. The highest BCUT2D eigenvalue weighted by Gasteiger charge is 2.43. The highest BCUT2D eigenvalue weighted by Crippen LogP contribution is 2.26. The number of esters is 1. The van der Waals surface area contributed by atoms with Crippen LogP contribution in [0.5, 0.6) is 5.75 Å². The van der Waals surface area contributed by atoms with Crippen LogP contribution in [0.15, 0.2) is 59.5 Å². The van der Waals surface area contributed by atoms with Crippen molar-refractivity contribution in [2.45, 2.75) is 77.9 Å². The zero-order chi connectivity index (χ0) is 36.3. The zero-order valence-corrected chi connectivity index (χ0v) is 27.6. The number of carbonyl (C=O) groups is 3. The van der Waals surface area contributed by atoms with E-state index in [9.17, 15) is 32.3 Å². The predicted octanol–water partition coefficient (Wildman–Crippen LogP) is 4.25. The second kappa shape index (κ2) is 13.9. The van der Waals surface area contributed by atoms with E-state index in [-0.39, 0.29) is 40.5 Å². The second-order valence-corrected chi connectivity index (χ2v) is 13.0. The minimum atomic E-state index is -5.27. The maximum atomic E-state index is 13.6. The third-order valence-corrected chi connectivity index (χ3v) is 6.52. The number of rotatable bonds is 9. The van der Waals surface area contributed by atoms with Crippen molar-refractivity contribution in [1.82, 2.24) is 25.3 Å². The number of amides is 2. The Morgan fingerprint density at radius 2 is 1.78 bits per heavy atom. The average molecular weight is 700 g/mol. The van der Waals surface area contributed by atoms with Crippen molar-refractivity contribution in [2.24, 2.45) is 0 Å². The van der Waals surface area contributed by atoms with Crippen LogP contribution in [0.3, 0.4) is 0 Å². The third-order valence-electron chi connectivity index (χ3n) is 6.52. The summed E-state index contributed by atoms with van der Waals surface area (Å²) in [5.74, 6) is -3.23. The lowest BCUT2D eigenvalue weighted by Gasteiger charge is -2.25. The predicted molar refractivity (Wildman–Crippen MR) is 174 cm³/mol. The molecule has 2 aromatic heterocycles. The van der Waals surface area contributed by atoms with Gasteiger partial charge < -0.3 is 20.5 Å². The van der Waals surface area contributed by atoms with Gasteiger partial charge in [-0.3, -0.25) is 24.3 Å². The number of aromatic nitrogens is 4. The normalized spacial score (nSPS) is 12.7. The number of benzene rings is 2. The fraction of sp³-hybridized carbons (Fsp3) is 0.364. The maximum Gasteiger partial charge on any atom is 0.471 e. The van der Waals surface area contributed by atoms with E-state index in [4.69, 9.17) is 15.2 Å². The van der Waals surface area contributed by atoms with Crippen LogP contribution in [0.4, 0.5) is 24.8 Å². The van der Waals surface area contributed by atoms with Crippen LogP contribution < -0.4 is 26.2 Å². The Bertz CT molecular complexity index is 1900. The molecule has 0 unspecified atom stereocenters. The average Bonchev–Trinajstić information content (AvgIpc) is 2.98. The molecule has 0 aliphatic carbocycles. The molecule has 13 nitrogen and oxygen atoms in total. The van der Waals surface area contributed by atoms with Gasteiger partial charge in [0.25, 0.3) is 11.5 Å². The summed E-state index contributed by atoms with van der Waals surface area (Å²) < 4.78 is 52.3. The van der Waals surface area contributed by atoms with Gasteiger partial charge in [-0.25, -0.2) is 14.8 Å². The Balaban J connectivity index is 1.57. The first-order chi connectivity index (χ1) is 22.7. The van der Waals surface area contributed by atoms with Gasteiger partial charge >= 0.3 is 18.1 Å². The fourth-order valence-electron chi connectivity index (χ4n) is 4.53. The molecule has 1 atom stereocenters. The Morgan fingerprint density at radius 1 is 1.10 bits per heavy atom. The number of alkyl halides is 3. The first-order valence-electron chi connectivity index (χ1n) is 15.0. The molecule has 49 heavy (non-hydrogen) atoms. The number of hydrogen-bond donors (Lipinski definition) is 3. The number of halogens is 3. The minimum Gasteiger partial charge on any atom is -0.488 e. The number of aromatic amines is 1. The number of fused-ring (bicyclic) bond motifs is 1. The summed E-state index contributed by atoms with van der Waals surface area (Å²) in [7, 11) is 0. The lowest BCUT2D eigenvalue weighted by atomic mass is 10.1. The molecular weight excluding hydrogens is 663 g/mol. The molecule has 4 aromatic rings. The summed E-state index contributed by atoms with van der Waals surface area (Å²) in [6, 6.07) is 10.6. The molecule has 0 bridgehead atoms. The summed E-state index contributed by atoms with van der Waals surface area (Å²) in [6.07, 6.45) is -4.14. The molecule has 0 aliphatic heterocycles. The molecule has 4 N–H and O–H groups in total. The molecule has 2 heterocycles. The molecule has 0 saturated heterocycles. The standard InChI is InChI=1S/C33H36F3N7O6/c1-31(2,3)48-22-13-7-18(8-14-22)15-23(28(46)49-32(4,5)6)40-26(44)19-9-11-21(12-10-19)43(29(47)33(34,35)36)17-20-16-38-25-24(39-20)27(45)42-30(37)41-25/h7-14,16,23H,15,17H2,1-6H3,(H,40,44)(H3,37,38,41,42,45)/t23-/m0/s1/i7+2,8+2,13+2,15+2,18+2,22+2,23+2,28+2. The van der Waals surface area contributed by atoms with Gasteiger partial charge in [0.1, 0.15) is 23.0 Å². The van der Waals surface area contributed by atoms with Crippen LogP contribution in [0.2, 0.25) is 0 Å². The van der Waals surface area contributed by atoms with E-state index in [2.05, 4.69) is 25.3 Å². The van der Waals surface area contributed by atoms with Gasteiger partial charge in [-0.2, -0.15) is 18.2 Å². The first-order valence-corrected chi connectivity index (χ1v) is 15.0. The molecule has 2 amide bonds. The molecule has 4 rings (SSSR count). The van der Waals surface area contributed by atoms with Crippen molar-refractivity contribution in [3.63, 3.8) is 0 Å².